The zero-order valence-electron chi connectivity index (χ0n) is 63.1. The molecule has 0 radical (unpaired) electrons. The van der Waals surface area contributed by atoms with Gasteiger partial charge in [-0.05, 0) is 49.2 Å². The molecule has 1 saturated heterocycles. The van der Waals surface area contributed by atoms with Crippen LogP contribution in [0.4, 0.5) is 0 Å². The van der Waals surface area contributed by atoms with Gasteiger partial charge in [0.25, 0.3) is 0 Å². The smallest absolute Gasteiger partial charge is 0.222 e. The molecule has 22 nitrogen and oxygen atoms in total. The maximum absolute atomic E-state index is 12.0. The summed E-state index contributed by atoms with van der Waals surface area (Å²) in [6, 6.07) is 86.6. The van der Waals surface area contributed by atoms with E-state index < -0.39 is 9.84 Å². The summed E-state index contributed by atoms with van der Waals surface area (Å²) in [5.41, 5.74) is 18.4. The molecule has 1 fully saturated rings. The van der Waals surface area contributed by atoms with Crippen LogP contribution >= 0.6 is 46.4 Å². The summed E-state index contributed by atoms with van der Waals surface area (Å²) >= 11 is 27.4. The third-order valence-corrected chi connectivity index (χ3v) is 22.0. The highest BCUT2D eigenvalue weighted by molar-refractivity contribution is 7.90. The summed E-state index contributed by atoms with van der Waals surface area (Å²) in [6.45, 7) is 5.22. The lowest BCUT2D eigenvalue weighted by atomic mass is 10.1. The van der Waals surface area contributed by atoms with Gasteiger partial charge in [-0.3, -0.25) is 14.8 Å². The van der Waals surface area contributed by atoms with Crippen LogP contribution in [0, 0.1) is 6.92 Å². The fourth-order valence-electron chi connectivity index (χ4n) is 13.8. The molecule has 117 heavy (non-hydrogen) atoms. The molecule has 1 aliphatic rings. The molecule has 578 valence electrons. The van der Waals surface area contributed by atoms with Crippen molar-refractivity contribution in [2.24, 2.45) is 0 Å². The third-order valence-electron chi connectivity index (χ3n) is 19.6. The maximum Gasteiger partial charge on any atom is 0.222 e. The van der Waals surface area contributed by atoms with Crippen LogP contribution in [0.15, 0.2) is 286 Å². The number of aryl methyl sites for hydroxylation is 2. The molecule has 0 unspecified atom stereocenters. The van der Waals surface area contributed by atoms with Crippen molar-refractivity contribution in [3.63, 3.8) is 0 Å². The Morgan fingerprint density at radius 1 is 0.350 bits per heavy atom. The third kappa shape index (κ3) is 17.3. The van der Waals surface area contributed by atoms with Crippen LogP contribution in [0.25, 0.3) is 134 Å². The molecular formula is C90H71Cl4N19O3S. The number of hydrogen-bond donors (Lipinski definition) is 0. The second-order valence-corrected chi connectivity index (χ2v) is 31.4. The van der Waals surface area contributed by atoms with Crippen LogP contribution in [-0.4, -0.2) is 134 Å². The molecule has 10 aromatic heterocycles. The molecule has 0 spiro atoms. The number of rotatable bonds is 18. The number of pyridine rings is 2. The first-order valence-corrected chi connectivity index (χ1v) is 41.1. The van der Waals surface area contributed by atoms with Crippen molar-refractivity contribution >= 4 is 106 Å². The minimum absolute atomic E-state index is 0.0439. The van der Waals surface area contributed by atoms with E-state index in [0.29, 0.717) is 109 Å². The van der Waals surface area contributed by atoms with E-state index in [0.717, 1.165) is 108 Å². The topological polar surface area (TPSA) is 255 Å². The Balaban J connectivity index is 0.000000117. The van der Waals surface area contributed by atoms with Gasteiger partial charge in [0, 0.05) is 88.9 Å². The van der Waals surface area contributed by atoms with Crippen LogP contribution in [-0.2, 0) is 40.8 Å². The van der Waals surface area contributed by atoms with E-state index in [1.54, 1.807) is 23.3 Å². The van der Waals surface area contributed by atoms with Crippen molar-refractivity contribution in [3.05, 3.63) is 322 Å². The number of nitrogens with zero attached hydrogens (tertiary/aromatic N) is 19. The molecule has 1 amide bonds. The van der Waals surface area contributed by atoms with Gasteiger partial charge < -0.3 is 4.90 Å². The minimum Gasteiger partial charge on any atom is -0.341 e. The quantitative estimate of drug-likeness (QED) is 0.0773. The van der Waals surface area contributed by atoms with Gasteiger partial charge >= 0.3 is 0 Å². The van der Waals surface area contributed by atoms with Crippen LogP contribution in [0.3, 0.4) is 0 Å². The number of fused-ring (bicyclic) bond motifs is 4. The lowest BCUT2D eigenvalue weighted by molar-refractivity contribution is -0.127. The van der Waals surface area contributed by atoms with Crippen molar-refractivity contribution in [1.82, 2.24) is 94.8 Å². The molecule has 0 aliphatic carbocycles. The molecule has 0 N–H and O–H groups in total. The molecule has 1 aliphatic heterocycles. The standard InChI is InChI=1S/C24H22ClN5O.2C23H16ClN5.C20H17ClN4O2S/c1-16-7-5-10-18(15-16)22-20-21(25)23(17-8-3-2-4-9-17)26-27-24(20)30(28-22)14-13-29-12-6-11-19(29)31;24-20-19-21(16-9-3-1-4-10-16)28-29(15-18-13-7-8-14-25-18)23(19)27-26-22(20)17-11-5-2-6-12-17;24-20-19-21(17-7-3-1-4-8-17)28-29(15-16-11-13-25-14-12-16)23(19)27-26-22(20)18-9-5-2-6-10-18;1-28(26,27)13-12-25-20-16(18(24-25)14-8-4-2-5-9-14)17(21)19(22-23-20)15-10-6-3-7-11-15/h2-5,7-10,15H,6,11-14H2,1H3;2*1-14H,15H2;2-11H,12-13H2,1H3. The molecule has 0 bridgehead atoms. The zero-order chi connectivity index (χ0) is 80.4. The molecule has 18 aromatic rings. The highest BCUT2D eigenvalue weighted by atomic mass is 35.5. The molecule has 0 saturated carbocycles. The van der Waals surface area contributed by atoms with Crippen LogP contribution in [0.2, 0.25) is 20.1 Å². The molecule has 27 heteroatoms. The maximum atomic E-state index is 12.0. The van der Waals surface area contributed by atoms with Crippen LogP contribution < -0.4 is 0 Å². The number of carbonyl (C=O) groups excluding carboxylic acids is 1. The van der Waals surface area contributed by atoms with Gasteiger partial charge in [0.15, 0.2) is 22.6 Å². The first-order valence-electron chi connectivity index (χ1n) is 37.6. The molecule has 0 atom stereocenters. The van der Waals surface area contributed by atoms with E-state index in [1.807, 2.05) is 274 Å². The van der Waals surface area contributed by atoms with E-state index in [-0.39, 0.29) is 18.2 Å². The summed E-state index contributed by atoms with van der Waals surface area (Å²) in [7, 11) is -3.15. The Labute approximate surface area is 693 Å². The molecular weight excluding hydrogens is 1570 g/mol. The van der Waals surface area contributed by atoms with Gasteiger partial charge in [-0.15, -0.1) is 40.8 Å². The number of benzene rings is 8. The Morgan fingerprint density at radius 2 is 0.692 bits per heavy atom. The second-order valence-electron chi connectivity index (χ2n) is 27.6. The summed E-state index contributed by atoms with van der Waals surface area (Å²) in [6.07, 6.45) is 8.05. The summed E-state index contributed by atoms with van der Waals surface area (Å²) < 4.78 is 30.3. The first-order chi connectivity index (χ1) is 57.2. The van der Waals surface area contributed by atoms with E-state index in [2.05, 4.69) is 74.9 Å². The average molecular weight is 1640 g/mol. The number of carbonyl (C=O) groups is 1. The van der Waals surface area contributed by atoms with Crippen molar-refractivity contribution in [1.29, 1.82) is 0 Å². The fourth-order valence-corrected chi connectivity index (χ4v) is 15.6. The van der Waals surface area contributed by atoms with Crippen molar-refractivity contribution in [2.75, 3.05) is 25.1 Å². The largest absolute Gasteiger partial charge is 0.341 e. The highest BCUT2D eigenvalue weighted by Crippen LogP contribution is 2.42. The Bertz CT molecular complexity index is 6460. The molecule has 19 rings (SSSR count). The molecule has 11 heterocycles. The Hall–Kier alpha value is -13.2. The summed E-state index contributed by atoms with van der Waals surface area (Å²) in [5, 5.41) is 59.8. The number of hydrogen-bond acceptors (Lipinski definition) is 17. The predicted octanol–water partition coefficient (Wildman–Crippen LogP) is 19.1. The number of aromatic nitrogens is 18. The number of sulfone groups is 1. The fraction of sp³-hybridized carbons (Fsp3) is 0.122. The number of amides is 1. The van der Waals surface area contributed by atoms with E-state index in [9.17, 15) is 13.2 Å². The predicted molar refractivity (Wildman–Crippen MR) is 462 cm³/mol. The van der Waals surface area contributed by atoms with E-state index in [1.165, 1.54) is 6.26 Å². The lowest BCUT2D eigenvalue weighted by Gasteiger charge is -2.15. The monoisotopic (exact) mass is 1640 g/mol. The minimum atomic E-state index is -3.15. The van der Waals surface area contributed by atoms with Gasteiger partial charge in [0.1, 0.15) is 55.4 Å². The van der Waals surface area contributed by atoms with Crippen LogP contribution in [0.1, 0.15) is 29.7 Å². The van der Waals surface area contributed by atoms with Gasteiger partial charge in [-0.2, -0.15) is 20.4 Å². The second kappa shape index (κ2) is 35.3. The zero-order valence-corrected chi connectivity index (χ0v) is 67.0. The van der Waals surface area contributed by atoms with Crippen molar-refractivity contribution in [2.45, 2.75) is 45.9 Å². The lowest BCUT2D eigenvalue weighted by Crippen LogP contribution is -2.28. The average Bonchev–Trinajstić information content (AvgIpc) is 1.63. The van der Waals surface area contributed by atoms with E-state index >= 15 is 0 Å². The summed E-state index contributed by atoms with van der Waals surface area (Å²) in [4.78, 5) is 22.4. The summed E-state index contributed by atoms with van der Waals surface area (Å²) in [5.74, 6) is 0.156. The van der Waals surface area contributed by atoms with E-state index in [4.69, 9.17) is 61.7 Å². The van der Waals surface area contributed by atoms with Gasteiger partial charge in [-0.25, -0.2) is 27.1 Å². The Kier molecular flexibility index (Phi) is 23.5. The SMILES string of the molecule is CS(=O)(=O)CCn1nc(-c2ccccc2)c2c(Cl)c(-c3ccccc3)nnc21.Cc1cccc(-c2nn(CCN3CCCC3=O)c3nnc(-c4ccccc4)c(Cl)c23)c1.Clc1c(-c2ccccc2)nnc2c1c(-c1ccccc1)nn2Cc1ccccn1.Clc1c(-c2ccccc2)nnc2c1c(-c1ccccc1)nn2Cc1ccncc1. The highest BCUT2D eigenvalue weighted by Gasteiger charge is 2.28. The van der Waals surface area contributed by atoms with Gasteiger partial charge in [0.05, 0.1) is 79.3 Å². The van der Waals surface area contributed by atoms with Crippen molar-refractivity contribution < 1.29 is 13.2 Å². The van der Waals surface area contributed by atoms with Gasteiger partial charge in [-0.1, -0.05) is 289 Å². The molecule has 8 aromatic carbocycles. The van der Waals surface area contributed by atoms with Crippen molar-refractivity contribution in [3.8, 4) is 90.1 Å². The van der Waals surface area contributed by atoms with Crippen LogP contribution in [0.5, 0.6) is 0 Å². The van der Waals surface area contributed by atoms with Gasteiger partial charge in [0.2, 0.25) is 5.91 Å². The first kappa shape index (κ1) is 77.8. The Morgan fingerprint density at radius 3 is 1.05 bits per heavy atom. The number of halogens is 4. The normalized spacial score (nSPS) is 12.0. The number of likely N-dealkylation sites (tertiary alicyclic amines) is 1.